The Morgan fingerprint density at radius 3 is 2.71 bits per heavy atom. The summed E-state index contributed by atoms with van der Waals surface area (Å²) in [5, 5.41) is 12.1. The fraction of sp³-hybridized carbons (Fsp3) is 0.250. The van der Waals surface area contributed by atoms with E-state index >= 15 is 0 Å². The van der Waals surface area contributed by atoms with E-state index in [4.69, 9.17) is 19.2 Å². The van der Waals surface area contributed by atoms with Crippen LogP contribution in [0, 0.1) is 11.3 Å². The van der Waals surface area contributed by atoms with Crippen molar-refractivity contribution in [3.63, 3.8) is 0 Å². The maximum Gasteiger partial charge on any atom is 0.287 e. The van der Waals surface area contributed by atoms with Crippen LogP contribution in [-0.4, -0.2) is 38.6 Å². The van der Waals surface area contributed by atoms with Gasteiger partial charge in [0.2, 0.25) is 0 Å². The average molecular weight is 419 g/mol. The van der Waals surface area contributed by atoms with Crippen LogP contribution in [0.25, 0.3) is 0 Å². The fourth-order valence-electron chi connectivity index (χ4n) is 3.14. The van der Waals surface area contributed by atoms with Crippen molar-refractivity contribution in [2.24, 2.45) is 0 Å². The lowest BCUT2D eigenvalue weighted by Gasteiger charge is -2.25. The van der Waals surface area contributed by atoms with Gasteiger partial charge < -0.3 is 24.1 Å². The Morgan fingerprint density at radius 2 is 1.97 bits per heavy atom. The quantitative estimate of drug-likeness (QED) is 0.568. The molecule has 0 saturated carbocycles. The van der Waals surface area contributed by atoms with Gasteiger partial charge in [-0.15, -0.1) is 0 Å². The number of amides is 1. The van der Waals surface area contributed by atoms with Gasteiger partial charge in [0, 0.05) is 6.54 Å². The normalized spacial score (nSPS) is 11.6. The Labute approximate surface area is 181 Å². The molecule has 1 atom stereocenters. The number of furan rings is 1. The summed E-state index contributed by atoms with van der Waals surface area (Å²) in [6.45, 7) is 0.525. The van der Waals surface area contributed by atoms with Gasteiger partial charge in [0.15, 0.2) is 5.76 Å². The Kier molecular flexibility index (Phi) is 7.31. The lowest BCUT2D eigenvalue weighted by molar-refractivity contribution is 0.0910. The predicted octanol–water partition coefficient (Wildman–Crippen LogP) is 3.77. The number of rotatable bonds is 9. The summed E-state index contributed by atoms with van der Waals surface area (Å²) in [7, 11) is 5.54. The first kappa shape index (κ1) is 21.9. The molecule has 3 rings (SSSR count). The topological polar surface area (TPSA) is 87.7 Å². The summed E-state index contributed by atoms with van der Waals surface area (Å²) in [6, 6.07) is 20.1. The van der Waals surface area contributed by atoms with Crippen molar-refractivity contribution in [3.05, 3.63) is 83.3 Å². The molecule has 0 aliphatic rings. The van der Waals surface area contributed by atoms with E-state index in [1.807, 2.05) is 43.3 Å². The maximum absolute atomic E-state index is 12.6. The zero-order valence-corrected chi connectivity index (χ0v) is 17.8. The van der Waals surface area contributed by atoms with Gasteiger partial charge in [0.05, 0.1) is 18.7 Å². The van der Waals surface area contributed by atoms with Crippen molar-refractivity contribution in [1.82, 2.24) is 10.2 Å². The minimum atomic E-state index is -0.307. The van der Waals surface area contributed by atoms with E-state index in [0.717, 1.165) is 11.3 Å². The summed E-state index contributed by atoms with van der Waals surface area (Å²) in [5.74, 6) is 1.63. The molecule has 0 bridgehead atoms. The highest BCUT2D eigenvalue weighted by Gasteiger charge is 2.18. The first-order chi connectivity index (χ1) is 15.0. The zero-order valence-electron chi connectivity index (χ0n) is 17.8. The molecule has 7 heteroatoms. The number of hydrogen-bond donors (Lipinski definition) is 1. The fourth-order valence-corrected chi connectivity index (χ4v) is 3.14. The Hall–Kier alpha value is -3.76. The molecule has 1 amide bonds. The van der Waals surface area contributed by atoms with Gasteiger partial charge in [0.1, 0.15) is 29.9 Å². The van der Waals surface area contributed by atoms with Crippen molar-refractivity contribution in [2.75, 3.05) is 27.7 Å². The minimum Gasteiger partial charge on any atom is -0.497 e. The molecule has 0 spiro atoms. The van der Waals surface area contributed by atoms with E-state index < -0.39 is 0 Å². The van der Waals surface area contributed by atoms with Crippen LogP contribution in [0.3, 0.4) is 0 Å². The van der Waals surface area contributed by atoms with Gasteiger partial charge in [-0.25, -0.2) is 0 Å². The number of carbonyl (C=O) groups excluding carboxylic acids is 1. The molecule has 1 heterocycles. The molecule has 7 nitrogen and oxygen atoms in total. The highest BCUT2D eigenvalue weighted by molar-refractivity contribution is 5.91. The molecule has 31 heavy (non-hydrogen) atoms. The monoisotopic (exact) mass is 419 g/mol. The summed E-state index contributed by atoms with van der Waals surface area (Å²) >= 11 is 0. The Balaban J connectivity index is 1.60. The van der Waals surface area contributed by atoms with Crippen LogP contribution in [0.5, 0.6) is 11.5 Å². The molecular weight excluding hydrogens is 394 g/mol. The molecule has 2 aromatic carbocycles. The molecule has 0 fully saturated rings. The second-order valence-corrected chi connectivity index (χ2v) is 7.13. The molecule has 1 unspecified atom stereocenters. The second-order valence-electron chi connectivity index (χ2n) is 7.13. The van der Waals surface area contributed by atoms with Crippen LogP contribution < -0.4 is 14.8 Å². The van der Waals surface area contributed by atoms with Crippen LogP contribution in [0.4, 0.5) is 0 Å². The predicted molar refractivity (Wildman–Crippen MR) is 116 cm³/mol. The molecule has 1 N–H and O–H groups in total. The number of para-hydroxylation sites is 1. The van der Waals surface area contributed by atoms with Crippen LogP contribution >= 0.6 is 0 Å². The molecule has 0 radical (unpaired) electrons. The van der Waals surface area contributed by atoms with Crippen molar-refractivity contribution in [2.45, 2.75) is 12.6 Å². The molecular formula is C24H25N3O4. The molecule has 1 aromatic heterocycles. The number of likely N-dealkylation sites (N-methyl/N-ethyl adjacent to an activating group) is 1. The summed E-state index contributed by atoms with van der Waals surface area (Å²) in [6.07, 6.45) is 0. The third kappa shape index (κ3) is 5.65. The molecule has 160 valence electrons. The highest BCUT2D eigenvalue weighted by Crippen LogP contribution is 2.22. The van der Waals surface area contributed by atoms with Gasteiger partial charge >= 0.3 is 0 Å². The number of carbonyl (C=O) groups is 1. The number of methoxy groups -OCH3 is 1. The van der Waals surface area contributed by atoms with E-state index in [1.54, 1.807) is 43.5 Å². The first-order valence-corrected chi connectivity index (χ1v) is 9.81. The molecule has 0 aliphatic heterocycles. The first-order valence-electron chi connectivity index (χ1n) is 9.81. The SMILES string of the molecule is COc1cccc(C(CNC(=O)c2ccc(COc3ccccc3C#N)o2)N(C)C)c1. The van der Waals surface area contributed by atoms with Crippen LogP contribution in [-0.2, 0) is 6.61 Å². The zero-order chi connectivity index (χ0) is 22.2. The van der Waals surface area contributed by atoms with Gasteiger partial charge in [-0.05, 0) is 56.1 Å². The maximum atomic E-state index is 12.6. The number of nitrogens with zero attached hydrogens (tertiary/aromatic N) is 2. The molecule has 0 aliphatic carbocycles. The standard InChI is InChI=1S/C24H25N3O4/c1-27(2)21(17-8-6-9-19(13-17)29-3)15-26-24(28)23-12-11-20(31-23)16-30-22-10-5-4-7-18(22)14-25/h4-13,21H,15-16H2,1-3H3,(H,26,28). The van der Waals surface area contributed by atoms with Gasteiger partial charge in [-0.1, -0.05) is 24.3 Å². The van der Waals surface area contributed by atoms with Crippen molar-refractivity contribution in [3.8, 4) is 17.6 Å². The number of nitrogens with one attached hydrogen (secondary N) is 1. The minimum absolute atomic E-state index is 0.0284. The second kappa shape index (κ2) is 10.3. The van der Waals surface area contributed by atoms with E-state index in [1.165, 1.54) is 0 Å². The van der Waals surface area contributed by atoms with Crippen LogP contribution in [0.1, 0.15) is 33.5 Å². The lowest BCUT2D eigenvalue weighted by Crippen LogP contribution is -2.34. The van der Waals surface area contributed by atoms with Crippen molar-refractivity contribution >= 4 is 5.91 Å². The van der Waals surface area contributed by atoms with E-state index in [9.17, 15) is 4.79 Å². The van der Waals surface area contributed by atoms with E-state index in [-0.39, 0.29) is 24.3 Å². The molecule has 0 saturated heterocycles. The summed E-state index contributed by atoms with van der Waals surface area (Å²) in [5.41, 5.74) is 1.48. The van der Waals surface area contributed by atoms with Crippen molar-refractivity contribution in [1.29, 1.82) is 5.26 Å². The lowest BCUT2D eigenvalue weighted by atomic mass is 10.1. The van der Waals surface area contributed by atoms with Gasteiger partial charge in [-0.3, -0.25) is 4.79 Å². The van der Waals surface area contributed by atoms with Gasteiger partial charge in [0.25, 0.3) is 5.91 Å². The number of hydrogen-bond acceptors (Lipinski definition) is 6. The van der Waals surface area contributed by atoms with E-state index in [0.29, 0.717) is 23.6 Å². The van der Waals surface area contributed by atoms with Crippen molar-refractivity contribution < 1.29 is 18.7 Å². The Morgan fingerprint density at radius 1 is 1.16 bits per heavy atom. The smallest absolute Gasteiger partial charge is 0.287 e. The average Bonchev–Trinajstić information content (AvgIpc) is 3.27. The third-order valence-electron chi connectivity index (χ3n) is 4.82. The largest absolute Gasteiger partial charge is 0.497 e. The van der Waals surface area contributed by atoms with E-state index in [2.05, 4.69) is 11.4 Å². The van der Waals surface area contributed by atoms with Gasteiger partial charge in [-0.2, -0.15) is 5.26 Å². The van der Waals surface area contributed by atoms with Crippen LogP contribution in [0.15, 0.2) is 65.1 Å². The van der Waals surface area contributed by atoms with Crippen LogP contribution in [0.2, 0.25) is 0 Å². The molecule has 3 aromatic rings. The summed E-state index contributed by atoms with van der Waals surface area (Å²) in [4.78, 5) is 14.6. The summed E-state index contributed by atoms with van der Waals surface area (Å²) < 4.78 is 16.6. The number of nitriles is 1. The highest BCUT2D eigenvalue weighted by atomic mass is 16.5. The number of ether oxygens (including phenoxy) is 2. The Bertz CT molecular complexity index is 1070. The number of benzene rings is 2. The third-order valence-corrected chi connectivity index (χ3v) is 4.82.